The second-order valence-electron chi connectivity index (χ2n) is 13.2. The zero-order valence-electron chi connectivity index (χ0n) is 28.9. The lowest BCUT2D eigenvalue weighted by Gasteiger charge is -2.36. The number of fused-ring (bicyclic) bond motifs is 1. The van der Waals surface area contributed by atoms with Gasteiger partial charge in [0.15, 0.2) is 11.6 Å². The number of rotatable bonds is 13. The van der Waals surface area contributed by atoms with E-state index in [1.165, 1.54) is 0 Å². The van der Waals surface area contributed by atoms with Crippen molar-refractivity contribution in [3.05, 3.63) is 156 Å². The van der Waals surface area contributed by atoms with E-state index in [1.54, 1.807) is 52.3 Å². The number of nitrogens with one attached hydrogen (secondary N) is 1. The quantitative estimate of drug-likeness (QED) is 0.0960. The van der Waals surface area contributed by atoms with Gasteiger partial charge in [0.05, 0.1) is 17.6 Å². The normalized spacial score (nSPS) is 19.2. The minimum Gasteiger partial charge on any atom is -0.446 e. The van der Waals surface area contributed by atoms with Gasteiger partial charge in [-0.25, -0.2) is 4.79 Å². The number of hydrogen-bond acceptors (Lipinski definition) is 8. The van der Waals surface area contributed by atoms with Gasteiger partial charge in [-0.2, -0.15) is 5.10 Å². The summed E-state index contributed by atoms with van der Waals surface area (Å²) in [5.41, 5.74) is 10.3. The molecule has 2 heterocycles. The van der Waals surface area contributed by atoms with Crippen LogP contribution >= 0.6 is 8.03 Å². The third kappa shape index (κ3) is 8.50. The van der Waals surface area contributed by atoms with Crippen LogP contribution in [-0.2, 0) is 30.5 Å². The molecular weight excluding hydrogens is 689 g/mol. The first-order chi connectivity index (χ1) is 25.8. The van der Waals surface area contributed by atoms with Crippen molar-refractivity contribution in [3.8, 4) is 11.5 Å². The third-order valence-corrected chi connectivity index (χ3v) is 10.3. The number of benzene rings is 5. The van der Waals surface area contributed by atoms with Crippen molar-refractivity contribution in [2.75, 3.05) is 12.1 Å². The molecule has 11 nitrogen and oxygen atoms in total. The molecule has 53 heavy (non-hydrogen) atoms. The Morgan fingerprint density at radius 2 is 1.21 bits per heavy atom. The van der Waals surface area contributed by atoms with Gasteiger partial charge < -0.3 is 30.5 Å². The standard InChI is InChI=1S/C41H41N5O6P/c42-40-34-22-31(19-20-35(34)43-44-40)26-46-37(24-29-13-6-2-7-14-29)39(48)38(47)36(23-28-11-4-1-5-12-28)45(41(46)49)25-30-15-10-18-33(21-30)51-27-53(50)52-32-16-8-3-9-17-32/h1-22,36-39,47-48H,23-27H2,(H3,42,43,44)/q+1/t36-,37-,38+,39+/m1/s1. The first kappa shape index (κ1) is 35.7. The highest BCUT2D eigenvalue weighted by Crippen LogP contribution is 2.32. The summed E-state index contributed by atoms with van der Waals surface area (Å²) in [6, 6.07) is 39.2. The van der Waals surface area contributed by atoms with Crippen LogP contribution in [0.3, 0.4) is 0 Å². The molecule has 12 heteroatoms. The van der Waals surface area contributed by atoms with Crippen molar-refractivity contribution < 1.29 is 28.8 Å². The lowest BCUT2D eigenvalue weighted by Crippen LogP contribution is -2.50. The number of carbonyl (C=O) groups excluding carboxylic acids is 1. The average molecular weight is 731 g/mol. The van der Waals surface area contributed by atoms with Gasteiger partial charge in [-0.3, -0.25) is 9.62 Å². The van der Waals surface area contributed by atoms with Crippen molar-refractivity contribution in [2.24, 2.45) is 0 Å². The maximum Gasteiger partial charge on any atom is 0.598 e. The van der Waals surface area contributed by atoms with Crippen LogP contribution in [0.2, 0.25) is 0 Å². The highest BCUT2D eigenvalue weighted by Gasteiger charge is 2.46. The summed E-state index contributed by atoms with van der Waals surface area (Å²) in [5.74, 6) is 1.29. The number of nitrogens with zero attached hydrogens (tertiary/aromatic N) is 3. The van der Waals surface area contributed by atoms with Crippen molar-refractivity contribution in [1.82, 2.24) is 20.0 Å². The molecule has 5 N–H and O–H groups in total. The minimum atomic E-state index is -2.15. The first-order valence-corrected chi connectivity index (χ1v) is 18.8. The van der Waals surface area contributed by atoms with Crippen LogP contribution in [0.4, 0.5) is 10.6 Å². The van der Waals surface area contributed by atoms with E-state index >= 15 is 4.79 Å². The second-order valence-corrected chi connectivity index (χ2v) is 14.3. The monoisotopic (exact) mass is 730 g/mol. The number of H-pyrrole nitrogens is 1. The van der Waals surface area contributed by atoms with Gasteiger partial charge in [0.1, 0.15) is 18.0 Å². The molecule has 1 unspecified atom stereocenters. The van der Waals surface area contributed by atoms with E-state index < -0.39 is 32.3 Å². The van der Waals surface area contributed by atoms with Crippen molar-refractivity contribution in [1.29, 1.82) is 0 Å². The van der Waals surface area contributed by atoms with Crippen LogP contribution < -0.4 is 15.0 Å². The van der Waals surface area contributed by atoms with E-state index in [1.807, 2.05) is 91.0 Å². The lowest BCUT2D eigenvalue weighted by molar-refractivity contribution is -0.0408. The topological polar surface area (TPSA) is 154 Å². The molecule has 6 aromatic rings. The Morgan fingerprint density at radius 3 is 1.81 bits per heavy atom. The molecule has 1 aliphatic rings. The number of nitrogens with two attached hydrogens (primary N) is 1. The number of ether oxygens (including phenoxy) is 1. The number of aromatic nitrogens is 2. The summed E-state index contributed by atoms with van der Waals surface area (Å²) in [5, 5.41) is 31.9. The molecule has 0 spiro atoms. The Morgan fingerprint density at radius 1 is 0.679 bits per heavy atom. The van der Waals surface area contributed by atoms with Gasteiger partial charge in [0, 0.05) is 18.5 Å². The number of para-hydroxylation sites is 1. The molecule has 1 fully saturated rings. The predicted octanol–water partition coefficient (Wildman–Crippen LogP) is 6.69. The molecule has 270 valence electrons. The van der Waals surface area contributed by atoms with E-state index in [4.69, 9.17) is 15.0 Å². The van der Waals surface area contributed by atoms with Crippen LogP contribution in [0, 0.1) is 0 Å². The van der Waals surface area contributed by atoms with Gasteiger partial charge in [-0.1, -0.05) is 97.1 Å². The van der Waals surface area contributed by atoms with Crippen LogP contribution in [0.1, 0.15) is 22.3 Å². The van der Waals surface area contributed by atoms with Crippen molar-refractivity contribution in [3.63, 3.8) is 0 Å². The summed E-state index contributed by atoms with van der Waals surface area (Å²) in [6.07, 6.45) is -2.11. The number of nitrogen functional groups attached to an aromatic ring is 1. The second kappa shape index (κ2) is 16.3. The van der Waals surface area contributed by atoms with E-state index in [0.717, 1.165) is 33.2 Å². The summed E-state index contributed by atoms with van der Waals surface area (Å²) < 4.78 is 24.0. The van der Waals surface area contributed by atoms with Crippen LogP contribution in [0.15, 0.2) is 133 Å². The smallest absolute Gasteiger partial charge is 0.446 e. The maximum absolute atomic E-state index is 15.1. The van der Waals surface area contributed by atoms with E-state index in [-0.39, 0.29) is 25.5 Å². The van der Waals surface area contributed by atoms with Crippen LogP contribution in [0.5, 0.6) is 11.5 Å². The number of aromatic amines is 1. The van der Waals surface area contributed by atoms with Gasteiger partial charge >= 0.3 is 20.4 Å². The summed E-state index contributed by atoms with van der Waals surface area (Å²) >= 11 is 0. The molecule has 5 atom stereocenters. The van der Waals surface area contributed by atoms with E-state index in [0.29, 0.717) is 30.2 Å². The number of urea groups is 1. The van der Waals surface area contributed by atoms with E-state index in [2.05, 4.69) is 10.2 Å². The molecule has 2 amide bonds. The third-order valence-electron chi connectivity index (χ3n) is 9.55. The number of aliphatic hydroxyl groups excluding tert-OH is 2. The zero-order chi connectivity index (χ0) is 36.7. The Balaban J connectivity index is 1.22. The van der Waals surface area contributed by atoms with Crippen LogP contribution in [-0.4, -0.2) is 66.9 Å². The predicted molar refractivity (Wildman–Crippen MR) is 203 cm³/mol. The van der Waals surface area contributed by atoms with Gasteiger partial charge in [-0.05, 0) is 76.1 Å². The summed E-state index contributed by atoms with van der Waals surface area (Å²) in [7, 11) is -2.15. The molecule has 0 radical (unpaired) electrons. The molecule has 0 aliphatic carbocycles. The number of carbonyl (C=O) groups is 1. The minimum absolute atomic E-state index is 0.103. The average Bonchev–Trinajstić information content (AvgIpc) is 3.54. The Bertz CT molecular complexity index is 2150. The molecule has 7 rings (SSSR count). The van der Waals surface area contributed by atoms with Gasteiger partial charge in [-0.15, -0.1) is 0 Å². The lowest BCUT2D eigenvalue weighted by atomic mass is 9.91. The molecule has 1 aliphatic heterocycles. The largest absolute Gasteiger partial charge is 0.598 e. The van der Waals surface area contributed by atoms with Crippen molar-refractivity contribution in [2.45, 2.75) is 50.2 Å². The molecule has 0 saturated carbocycles. The Labute approximate surface area is 308 Å². The van der Waals surface area contributed by atoms with Gasteiger partial charge in [0.2, 0.25) is 0 Å². The number of hydrogen-bond donors (Lipinski definition) is 4. The SMILES string of the molecule is Nc1n[nH]c2ccc(CN3C(=O)N(Cc4cccc(OC[P+](=O)Oc5ccccc5)c4)[C@H](Cc4ccccc4)[C@H](O)[C@@H](O)[C@H]3Cc3ccccc3)cc12. The number of aliphatic hydroxyl groups is 2. The first-order valence-electron chi connectivity index (χ1n) is 17.5. The Hall–Kier alpha value is -5.74. The van der Waals surface area contributed by atoms with E-state index in [9.17, 15) is 14.8 Å². The summed E-state index contributed by atoms with van der Waals surface area (Å²) in [4.78, 5) is 18.4. The highest BCUT2D eigenvalue weighted by atomic mass is 31.1. The molecule has 0 bridgehead atoms. The van der Waals surface area contributed by atoms with Crippen LogP contribution in [0.25, 0.3) is 10.9 Å². The number of amides is 2. The molecule has 5 aromatic carbocycles. The van der Waals surface area contributed by atoms with Gasteiger partial charge in [0.25, 0.3) is 0 Å². The fourth-order valence-electron chi connectivity index (χ4n) is 6.87. The highest BCUT2D eigenvalue weighted by molar-refractivity contribution is 7.39. The Kier molecular flexibility index (Phi) is 11.0. The zero-order valence-corrected chi connectivity index (χ0v) is 29.8. The van der Waals surface area contributed by atoms with Crippen molar-refractivity contribution >= 4 is 30.8 Å². The maximum atomic E-state index is 15.1. The fraction of sp³-hybridized carbons (Fsp3) is 0.220. The molecule has 1 aromatic heterocycles. The fourth-order valence-corrected chi connectivity index (χ4v) is 7.54. The molecule has 1 saturated heterocycles. The summed E-state index contributed by atoms with van der Waals surface area (Å²) in [6.45, 7) is 0.249. The molecular formula is C41H41N5O6P+. The number of anilines is 1.